The molecule has 0 saturated heterocycles. The van der Waals surface area contributed by atoms with Crippen molar-refractivity contribution in [2.45, 2.75) is 87.0 Å². The highest BCUT2D eigenvalue weighted by Crippen LogP contribution is 2.71. The normalized spacial score (nSPS) is 40.3. The largest absolute Gasteiger partial charge is 0.478 e. The van der Waals surface area contributed by atoms with Gasteiger partial charge >= 0.3 is 5.97 Å². The summed E-state index contributed by atoms with van der Waals surface area (Å²) >= 11 is 0. The highest BCUT2D eigenvalue weighted by molar-refractivity contribution is 5.96. The zero-order valence-corrected chi connectivity index (χ0v) is 21.6. The Balaban J connectivity index is 1.66. The molecule has 0 aromatic heterocycles. The molecule has 1 N–H and O–H groups in total. The van der Waals surface area contributed by atoms with Crippen molar-refractivity contribution in [3.8, 4) is 0 Å². The Morgan fingerprint density at radius 1 is 1.12 bits per heavy atom. The average Bonchev–Trinajstić information content (AvgIpc) is 3.09. The topological polar surface area (TPSA) is 54.4 Å². The van der Waals surface area contributed by atoms with Crippen LogP contribution in [0.25, 0.3) is 0 Å². The monoisotopic (exact) mass is 450 g/mol. The van der Waals surface area contributed by atoms with Crippen molar-refractivity contribution >= 4 is 11.8 Å². The molecule has 4 aliphatic carbocycles. The van der Waals surface area contributed by atoms with Crippen molar-refractivity contribution in [3.05, 3.63) is 47.1 Å². The summed E-state index contributed by atoms with van der Waals surface area (Å²) in [6.07, 6.45) is 17.3. The quantitative estimate of drug-likeness (QED) is 0.447. The van der Waals surface area contributed by atoms with E-state index in [0.29, 0.717) is 23.3 Å². The highest BCUT2D eigenvalue weighted by atomic mass is 16.4. The van der Waals surface area contributed by atoms with E-state index in [0.717, 1.165) is 25.7 Å². The second-order valence-corrected chi connectivity index (χ2v) is 12.6. The zero-order valence-electron chi connectivity index (χ0n) is 21.6. The first-order valence-electron chi connectivity index (χ1n) is 12.9. The molecule has 6 unspecified atom stereocenters. The fraction of sp³-hybridized carbons (Fsp3) is 0.667. The van der Waals surface area contributed by atoms with E-state index in [1.165, 1.54) is 18.4 Å². The molecule has 6 atom stereocenters. The second kappa shape index (κ2) is 7.82. The summed E-state index contributed by atoms with van der Waals surface area (Å²) in [5.74, 6) is 0.902. The molecule has 0 aromatic carbocycles. The number of carboxylic acid groups (broad SMARTS) is 1. The van der Waals surface area contributed by atoms with Gasteiger partial charge in [0.2, 0.25) is 0 Å². The van der Waals surface area contributed by atoms with Crippen LogP contribution in [-0.2, 0) is 9.59 Å². The van der Waals surface area contributed by atoms with E-state index < -0.39 is 5.97 Å². The van der Waals surface area contributed by atoms with Crippen molar-refractivity contribution in [3.63, 3.8) is 0 Å². The molecule has 0 bridgehead atoms. The molecule has 0 aliphatic heterocycles. The number of hydrogen-bond donors (Lipinski definition) is 1. The van der Waals surface area contributed by atoms with E-state index in [4.69, 9.17) is 5.11 Å². The van der Waals surface area contributed by atoms with Gasteiger partial charge in [-0.05, 0) is 80.1 Å². The predicted octanol–water partition coefficient (Wildman–Crippen LogP) is 7.30. The van der Waals surface area contributed by atoms with Crippen LogP contribution in [-0.4, -0.2) is 16.9 Å². The summed E-state index contributed by atoms with van der Waals surface area (Å²) in [7, 11) is 0. The van der Waals surface area contributed by atoms with E-state index in [1.807, 2.05) is 12.2 Å². The number of rotatable bonds is 5. The zero-order chi connectivity index (χ0) is 24.4. The van der Waals surface area contributed by atoms with E-state index in [9.17, 15) is 9.59 Å². The lowest BCUT2D eigenvalue weighted by atomic mass is 9.41. The summed E-state index contributed by atoms with van der Waals surface area (Å²) in [5, 5.41) is 9.13. The van der Waals surface area contributed by atoms with Crippen LogP contribution < -0.4 is 0 Å². The van der Waals surface area contributed by atoms with Gasteiger partial charge in [0, 0.05) is 16.4 Å². The number of carboxylic acids is 1. The second-order valence-electron chi connectivity index (χ2n) is 12.6. The number of allylic oxidation sites excluding steroid dienone is 7. The van der Waals surface area contributed by atoms with Gasteiger partial charge < -0.3 is 5.11 Å². The summed E-state index contributed by atoms with van der Waals surface area (Å²) in [5.41, 5.74) is 3.46. The number of aliphatic carboxylic acids is 1. The van der Waals surface area contributed by atoms with Gasteiger partial charge in [-0.25, -0.2) is 4.79 Å². The fourth-order valence-corrected chi connectivity index (χ4v) is 8.21. The third-order valence-electron chi connectivity index (χ3n) is 10.7. The lowest BCUT2D eigenvalue weighted by molar-refractivity contribution is -0.132. The summed E-state index contributed by atoms with van der Waals surface area (Å²) in [6.45, 7) is 15.7. The van der Waals surface area contributed by atoms with E-state index in [2.05, 4.69) is 59.8 Å². The van der Waals surface area contributed by atoms with E-state index >= 15 is 0 Å². The van der Waals surface area contributed by atoms with Crippen LogP contribution in [0.15, 0.2) is 47.1 Å². The molecule has 4 aliphatic rings. The molecule has 2 saturated carbocycles. The highest BCUT2D eigenvalue weighted by Gasteiger charge is 2.63. The van der Waals surface area contributed by atoms with Gasteiger partial charge in [0.1, 0.15) is 0 Å². The first-order valence-corrected chi connectivity index (χ1v) is 12.9. The van der Waals surface area contributed by atoms with Crippen molar-refractivity contribution in [2.24, 2.45) is 39.4 Å². The van der Waals surface area contributed by atoms with Gasteiger partial charge in [0.15, 0.2) is 5.78 Å². The summed E-state index contributed by atoms with van der Waals surface area (Å²) in [4.78, 5) is 23.8. The SMILES string of the molecule is CC(=CCCC(C)C1CCC2(C)C1=CC=C1C3(C)C=CC(=O)C(C)(C)C3CCC12C)C(=O)O. The molecule has 0 aromatic rings. The molecule has 0 spiro atoms. The minimum Gasteiger partial charge on any atom is -0.478 e. The van der Waals surface area contributed by atoms with Crippen LogP contribution in [0.3, 0.4) is 0 Å². The van der Waals surface area contributed by atoms with Gasteiger partial charge in [-0.3, -0.25) is 4.79 Å². The Bertz CT molecular complexity index is 992. The lowest BCUT2D eigenvalue weighted by Crippen LogP contribution is -2.55. The number of carbonyl (C=O) groups is 2. The molecular weight excluding hydrogens is 408 g/mol. The maximum atomic E-state index is 12.7. The Hall–Kier alpha value is -1.90. The number of ketones is 1. The summed E-state index contributed by atoms with van der Waals surface area (Å²) in [6, 6.07) is 0. The molecule has 3 nitrogen and oxygen atoms in total. The van der Waals surface area contributed by atoms with Crippen LogP contribution in [0.2, 0.25) is 0 Å². The molecule has 0 heterocycles. The van der Waals surface area contributed by atoms with Crippen molar-refractivity contribution in [1.29, 1.82) is 0 Å². The molecular formula is C30H42O3. The van der Waals surface area contributed by atoms with Gasteiger partial charge in [0.25, 0.3) is 0 Å². The van der Waals surface area contributed by atoms with Gasteiger partial charge in [-0.2, -0.15) is 0 Å². The van der Waals surface area contributed by atoms with E-state index in [1.54, 1.807) is 12.5 Å². The molecule has 0 amide bonds. The van der Waals surface area contributed by atoms with Crippen LogP contribution in [0.1, 0.15) is 87.0 Å². The molecule has 3 heteroatoms. The van der Waals surface area contributed by atoms with Crippen molar-refractivity contribution in [1.82, 2.24) is 0 Å². The molecule has 180 valence electrons. The molecule has 2 fully saturated rings. The smallest absolute Gasteiger partial charge is 0.330 e. The Morgan fingerprint density at radius 2 is 1.79 bits per heavy atom. The van der Waals surface area contributed by atoms with Crippen LogP contribution >= 0.6 is 0 Å². The predicted molar refractivity (Wildman–Crippen MR) is 134 cm³/mol. The number of carbonyl (C=O) groups excluding carboxylic acids is 1. The third kappa shape index (κ3) is 3.36. The number of hydrogen-bond acceptors (Lipinski definition) is 2. The van der Waals surface area contributed by atoms with Crippen molar-refractivity contribution in [2.75, 3.05) is 0 Å². The van der Waals surface area contributed by atoms with Gasteiger partial charge in [0.05, 0.1) is 0 Å². The summed E-state index contributed by atoms with van der Waals surface area (Å²) < 4.78 is 0. The van der Waals surface area contributed by atoms with Crippen LogP contribution in [0, 0.1) is 39.4 Å². The first-order chi connectivity index (χ1) is 15.3. The van der Waals surface area contributed by atoms with Crippen LogP contribution in [0.4, 0.5) is 0 Å². The lowest BCUT2D eigenvalue weighted by Gasteiger charge is -2.62. The maximum absolute atomic E-state index is 12.7. The first kappa shape index (κ1) is 24.2. The Labute approximate surface area is 200 Å². The maximum Gasteiger partial charge on any atom is 0.330 e. The fourth-order valence-electron chi connectivity index (χ4n) is 8.21. The Morgan fingerprint density at radius 3 is 2.45 bits per heavy atom. The standard InChI is InChI=1S/C30H42O3/c1-19(9-8-10-20(2)26(32)33)21-13-17-29(6)22(21)11-12-24-28(5)16-15-25(31)27(3,4)23(28)14-18-30(24,29)7/h10-12,15-16,19,21,23H,8-9,13-14,17-18H2,1-7H3,(H,32,33). The third-order valence-corrected chi connectivity index (χ3v) is 10.7. The Kier molecular flexibility index (Phi) is 5.74. The van der Waals surface area contributed by atoms with E-state index in [-0.39, 0.29) is 27.4 Å². The van der Waals surface area contributed by atoms with Gasteiger partial charge in [-0.1, -0.05) is 77.0 Å². The number of fused-ring (bicyclic) bond motifs is 5. The average molecular weight is 451 g/mol. The van der Waals surface area contributed by atoms with Gasteiger partial charge in [-0.15, -0.1) is 0 Å². The minimum atomic E-state index is -0.817. The van der Waals surface area contributed by atoms with Crippen molar-refractivity contribution < 1.29 is 14.7 Å². The molecule has 4 rings (SSSR count). The van der Waals surface area contributed by atoms with Crippen LogP contribution in [0.5, 0.6) is 0 Å². The minimum absolute atomic E-state index is 0.0711. The molecule has 0 radical (unpaired) electrons. The molecule has 33 heavy (non-hydrogen) atoms.